The number of amides is 1. The Kier molecular flexibility index (Phi) is 5.71. The van der Waals surface area contributed by atoms with Gasteiger partial charge in [-0.1, -0.05) is 48.9 Å². The molecule has 4 nitrogen and oxygen atoms in total. The van der Waals surface area contributed by atoms with Crippen molar-refractivity contribution < 1.29 is 9.53 Å². The van der Waals surface area contributed by atoms with Gasteiger partial charge in [0.05, 0.1) is 0 Å². The van der Waals surface area contributed by atoms with Crippen LogP contribution in [0, 0.1) is 5.92 Å². The van der Waals surface area contributed by atoms with Crippen LogP contribution in [0.4, 0.5) is 0 Å². The van der Waals surface area contributed by atoms with Gasteiger partial charge in [0.1, 0.15) is 5.75 Å². The normalized spacial score (nSPS) is 20.9. The van der Waals surface area contributed by atoms with Gasteiger partial charge in [-0.2, -0.15) is 0 Å². The number of ether oxygens (including phenoxy) is 1. The number of nitrogens with two attached hydrogens (primary N) is 1. The zero-order valence-electron chi connectivity index (χ0n) is 14.7. The van der Waals surface area contributed by atoms with Crippen LogP contribution in [0.5, 0.6) is 5.75 Å². The predicted octanol–water partition coefficient (Wildman–Crippen LogP) is 3.36. The minimum absolute atomic E-state index is 0.0718. The number of rotatable bonds is 6. The van der Waals surface area contributed by atoms with E-state index in [0.29, 0.717) is 18.2 Å². The van der Waals surface area contributed by atoms with Crippen LogP contribution in [0.25, 0.3) is 11.1 Å². The molecule has 0 saturated heterocycles. The Bertz CT molecular complexity index is 685. The highest BCUT2D eigenvalue weighted by Crippen LogP contribution is 2.25. The van der Waals surface area contributed by atoms with Gasteiger partial charge < -0.3 is 15.8 Å². The van der Waals surface area contributed by atoms with Gasteiger partial charge >= 0.3 is 0 Å². The summed E-state index contributed by atoms with van der Waals surface area (Å²) in [5, 5.41) is 3.09. The second kappa shape index (κ2) is 8.17. The van der Waals surface area contributed by atoms with Gasteiger partial charge in [0.25, 0.3) is 5.91 Å². The summed E-state index contributed by atoms with van der Waals surface area (Å²) in [5.41, 5.74) is 8.07. The van der Waals surface area contributed by atoms with E-state index < -0.39 is 6.10 Å². The van der Waals surface area contributed by atoms with E-state index in [4.69, 9.17) is 10.5 Å². The number of hydrogen-bond donors (Lipinski definition) is 2. The molecule has 0 bridgehead atoms. The summed E-state index contributed by atoms with van der Waals surface area (Å²) in [6.45, 7) is 2.41. The van der Waals surface area contributed by atoms with E-state index in [-0.39, 0.29) is 11.9 Å². The van der Waals surface area contributed by atoms with Gasteiger partial charge in [-0.15, -0.1) is 0 Å². The van der Waals surface area contributed by atoms with Crippen LogP contribution >= 0.6 is 0 Å². The Morgan fingerprint density at radius 3 is 2.48 bits per heavy atom. The molecule has 0 heterocycles. The lowest BCUT2D eigenvalue weighted by atomic mass is 10.0. The summed E-state index contributed by atoms with van der Waals surface area (Å²) >= 11 is 0. The molecule has 3 unspecified atom stereocenters. The molecule has 132 valence electrons. The number of hydrogen-bond acceptors (Lipinski definition) is 3. The highest BCUT2D eigenvalue weighted by Gasteiger charge is 2.29. The van der Waals surface area contributed by atoms with Crippen LogP contribution in [-0.4, -0.2) is 24.6 Å². The zero-order valence-corrected chi connectivity index (χ0v) is 14.7. The zero-order chi connectivity index (χ0) is 17.6. The van der Waals surface area contributed by atoms with E-state index in [2.05, 4.69) is 17.4 Å². The molecule has 2 aromatic rings. The van der Waals surface area contributed by atoms with Gasteiger partial charge in [0.15, 0.2) is 6.10 Å². The average molecular weight is 338 g/mol. The first kappa shape index (κ1) is 17.5. The van der Waals surface area contributed by atoms with Crippen LogP contribution in [0.1, 0.15) is 26.2 Å². The molecule has 3 N–H and O–H groups in total. The molecule has 1 saturated carbocycles. The maximum absolute atomic E-state index is 12.4. The molecule has 1 aliphatic carbocycles. The summed E-state index contributed by atoms with van der Waals surface area (Å²) < 4.78 is 5.80. The average Bonchev–Trinajstić information content (AvgIpc) is 3.10. The third-order valence-electron chi connectivity index (χ3n) is 4.93. The van der Waals surface area contributed by atoms with Crippen molar-refractivity contribution in [1.82, 2.24) is 5.32 Å². The van der Waals surface area contributed by atoms with Crippen LogP contribution in [-0.2, 0) is 4.79 Å². The first-order chi connectivity index (χ1) is 12.2. The van der Waals surface area contributed by atoms with Crippen molar-refractivity contribution in [3.8, 4) is 16.9 Å². The highest BCUT2D eigenvalue weighted by atomic mass is 16.5. The fourth-order valence-electron chi connectivity index (χ4n) is 3.42. The molecule has 1 fully saturated rings. The van der Waals surface area contributed by atoms with Crippen molar-refractivity contribution in [2.24, 2.45) is 11.7 Å². The number of carbonyl (C=O) groups excluding carboxylic acids is 1. The fraction of sp³-hybridized carbons (Fsp3) is 0.381. The second-order valence-corrected chi connectivity index (χ2v) is 6.69. The topological polar surface area (TPSA) is 64.3 Å². The van der Waals surface area contributed by atoms with Crippen LogP contribution in [0.2, 0.25) is 0 Å². The van der Waals surface area contributed by atoms with Crippen molar-refractivity contribution in [1.29, 1.82) is 0 Å². The molecule has 0 aliphatic heterocycles. The molecule has 2 aromatic carbocycles. The molecule has 4 heteroatoms. The van der Waals surface area contributed by atoms with E-state index in [0.717, 1.165) is 30.4 Å². The van der Waals surface area contributed by atoms with E-state index >= 15 is 0 Å². The maximum Gasteiger partial charge on any atom is 0.261 e. The summed E-state index contributed by atoms with van der Waals surface area (Å²) in [4.78, 5) is 12.4. The van der Waals surface area contributed by atoms with Crippen molar-refractivity contribution in [3.63, 3.8) is 0 Å². The third kappa shape index (κ3) is 4.40. The molecular formula is C21H26N2O2. The van der Waals surface area contributed by atoms with E-state index in [9.17, 15) is 4.79 Å². The largest absolute Gasteiger partial charge is 0.481 e. The van der Waals surface area contributed by atoms with Crippen molar-refractivity contribution in [3.05, 3.63) is 54.6 Å². The van der Waals surface area contributed by atoms with Crippen LogP contribution in [0.3, 0.4) is 0 Å². The van der Waals surface area contributed by atoms with E-state index in [1.807, 2.05) is 42.5 Å². The lowest BCUT2D eigenvalue weighted by Crippen LogP contribution is -2.45. The Labute approximate surface area is 149 Å². The standard InChI is InChI=1S/C21H26N2O2/c1-15(21(24)23-20-9-5-8-18(20)14-22)25-19-12-10-17(11-13-19)16-6-3-2-4-7-16/h2-4,6-7,10-13,15,18,20H,5,8-9,14,22H2,1H3,(H,23,24). The summed E-state index contributed by atoms with van der Waals surface area (Å²) in [5.74, 6) is 1.02. The van der Waals surface area contributed by atoms with Gasteiger partial charge in [-0.25, -0.2) is 0 Å². The van der Waals surface area contributed by atoms with Crippen molar-refractivity contribution in [2.75, 3.05) is 6.54 Å². The maximum atomic E-state index is 12.4. The van der Waals surface area contributed by atoms with E-state index in [1.165, 1.54) is 0 Å². The number of carbonyl (C=O) groups is 1. The van der Waals surface area contributed by atoms with Crippen LogP contribution < -0.4 is 15.8 Å². The fourth-order valence-corrected chi connectivity index (χ4v) is 3.42. The minimum atomic E-state index is -0.526. The van der Waals surface area contributed by atoms with Crippen molar-refractivity contribution >= 4 is 5.91 Å². The summed E-state index contributed by atoms with van der Waals surface area (Å²) in [6, 6.07) is 18.2. The molecule has 0 aromatic heterocycles. The lowest BCUT2D eigenvalue weighted by molar-refractivity contribution is -0.128. The molecule has 3 rings (SSSR count). The first-order valence-corrected chi connectivity index (χ1v) is 9.00. The Balaban J connectivity index is 1.57. The summed E-state index contributed by atoms with van der Waals surface area (Å²) in [6.07, 6.45) is 2.70. The van der Waals surface area contributed by atoms with Gasteiger partial charge in [0.2, 0.25) is 0 Å². The minimum Gasteiger partial charge on any atom is -0.481 e. The molecule has 3 atom stereocenters. The predicted molar refractivity (Wildman–Crippen MR) is 100 cm³/mol. The third-order valence-corrected chi connectivity index (χ3v) is 4.93. The highest BCUT2D eigenvalue weighted by molar-refractivity contribution is 5.81. The smallest absolute Gasteiger partial charge is 0.261 e. The molecule has 0 radical (unpaired) electrons. The van der Waals surface area contributed by atoms with Gasteiger partial charge in [0, 0.05) is 6.04 Å². The molecular weight excluding hydrogens is 312 g/mol. The lowest BCUT2D eigenvalue weighted by Gasteiger charge is -2.22. The SMILES string of the molecule is CC(Oc1ccc(-c2ccccc2)cc1)C(=O)NC1CCCC1CN. The Morgan fingerprint density at radius 2 is 1.80 bits per heavy atom. The molecule has 0 spiro atoms. The first-order valence-electron chi connectivity index (χ1n) is 9.00. The van der Waals surface area contributed by atoms with Crippen LogP contribution in [0.15, 0.2) is 54.6 Å². The van der Waals surface area contributed by atoms with Crippen molar-refractivity contribution in [2.45, 2.75) is 38.3 Å². The van der Waals surface area contributed by atoms with E-state index in [1.54, 1.807) is 6.92 Å². The summed E-state index contributed by atoms with van der Waals surface area (Å²) in [7, 11) is 0. The molecule has 1 aliphatic rings. The molecule has 25 heavy (non-hydrogen) atoms. The Morgan fingerprint density at radius 1 is 1.12 bits per heavy atom. The second-order valence-electron chi connectivity index (χ2n) is 6.69. The number of nitrogens with one attached hydrogen (secondary N) is 1. The van der Waals surface area contributed by atoms with Gasteiger partial charge in [-0.3, -0.25) is 4.79 Å². The monoisotopic (exact) mass is 338 g/mol. The Hall–Kier alpha value is -2.33. The number of benzene rings is 2. The quantitative estimate of drug-likeness (QED) is 0.849. The molecule has 1 amide bonds. The van der Waals surface area contributed by atoms with Gasteiger partial charge in [-0.05, 0) is 55.5 Å².